The van der Waals surface area contributed by atoms with Crippen LogP contribution in [0.15, 0.2) is 27.6 Å². The molecule has 0 atom stereocenters. The number of hydrogen-bond donors (Lipinski definition) is 0. The standard InChI is InChI=1S/C15H20BrClN2O3S/c1-11(2)15(20)18-6-3-7-19(9-8-18)23(21,22)14-5-4-12(16)10-13(14)17/h4-5,10-11H,3,6-9H2,1-2H3. The Bertz CT molecular complexity index is 694. The van der Waals surface area contributed by atoms with Gasteiger partial charge in [0.1, 0.15) is 4.90 Å². The monoisotopic (exact) mass is 422 g/mol. The average Bonchev–Trinajstić information content (AvgIpc) is 2.72. The molecule has 1 saturated heterocycles. The van der Waals surface area contributed by atoms with Gasteiger partial charge in [-0.3, -0.25) is 4.79 Å². The van der Waals surface area contributed by atoms with E-state index in [4.69, 9.17) is 11.6 Å². The van der Waals surface area contributed by atoms with E-state index in [1.165, 1.54) is 10.4 Å². The smallest absolute Gasteiger partial charge is 0.244 e. The predicted molar refractivity (Wildman–Crippen MR) is 93.9 cm³/mol. The van der Waals surface area contributed by atoms with Crippen LogP contribution in [0.25, 0.3) is 0 Å². The average molecular weight is 424 g/mol. The Kier molecular flexibility index (Phi) is 6.10. The molecule has 8 heteroatoms. The quantitative estimate of drug-likeness (QED) is 0.751. The molecule has 5 nitrogen and oxygen atoms in total. The van der Waals surface area contributed by atoms with Gasteiger partial charge >= 0.3 is 0 Å². The molecular weight excluding hydrogens is 404 g/mol. The van der Waals surface area contributed by atoms with E-state index in [2.05, 4.69) is 15.9 Å². The summed E-state index contributed by atoms with van der Waals surface area (Å²) in [6.07, 6.45) is 0.617. The van der Waals surface area contributed by atoms with Gasteiger partial charge in [-0.15, -0.1) is 0 Å². The largest absolute Gasteiger partial charge is 0.341 e. The topological polar surface area (TPSA) is 57.7 Å². The molecule has 23 heavy (non-hydrogen) atoms. The highest BCUT2D eigenvalue weighted by molar-refractivity contribution is 9.10. The molecule has 0 aromatic heterocycles. The van der Waals surface area contributed by atoms with Crippen LogP contribution >= 0.6 is 27.5 Å². The van der Waals surface area contributed by atoms with Crippen molar-refractivity contribution < 1.29 is 13.2 Å². The highest BCUT2D eigenvalue weighted by Crippen LogP contribution is 2.28. The fourth-order valence-electron chi connectivity index (χ4n) is 2.54. The Balaban J connectivity index is 2.20. The zero-order chi connectivity index (χ0) is 17.2. The van der Waals surface area contributed by atoms with Gasteiger partial charge in [-0.1, -0.05) is 41.4 Å². The highest BCUT2D eigenvalue weighted by atomic mass is 79.9. The van der Waals surface area contributed by atoms with Crippen LogP contribution in [-0.4, -0.2) is 49.7 Å². The summed E-state index contributed by atoms with van der Waals surface area (Å²) < 4.78 is 27.8. The molecule has 128 valence electrons. The molecule has 1 aromatic carbocycles. The molecular formula is C15H20BrClN2O3S. The first kappa shape index (κ1) is 18.7. The van der Waals surface area contributed by atoms with Crippen LogP contribution in [0.3, 0.4) is 0 Å². The third-order valence-corrected chi connectivity index (χ3v) is 6.65. The highest BCUT2D eigenvalue weighted by Gasteiger charge is 2.30. The summed E-state index contributed by atoms with van der Waals surface area (Å²) in [5, 5.41) is 0.193. The van der Waals surface area contributed by atoms with Gasteiger partial charge in [0.25, 0.3) is 0 Å². The van der Waals surface area contributed by atoms with Crippen molar-refractivity contribution in [3.8, 4) is 0 Å². The molecule has 1 aromatic rings. The maximum absolute atomic E-state index is 12.8. The minimum absolute atomic E-state index is 0.0610. The van der Waals surface area contributed by atoms with Crippen LogP contribution in [0.1, 0.15) is 20.3 Å². The Morgan fingerprint density at radius 3 is 2.52 bits per heavy atom. The van der Waals surface area contributed by atoms with E-state index < -0.39 is 10.0 Å². The maximum atomic E-state index is 12.8. The second-order valence-electron chi connectivity index (χ2n) is 5.81. The van der Waals surface area contributed by atoms with Gasteiger partial charge in [0.15, 0.2) is 0 Å². The Morgan fingerprint density at radius 2 is 1.91 bits per heavy atom. The molecule has 0 aliphatic carbocycles. The van der Waals surface area contributed by atoms with Crippen LogP contribution in [0.2, 0.25) is 5.02 Å². The fraction of sp³-hybridized carbons (Fsp3) is 0.533. The van der Waals surface area contributed by atoms with Gasteiger partial charge in [0.2, 0.25) is 15.9 Å². The summed E-state index contributed by atoms with van der Waals surface area (Å²) in [7, 11) is -3.66. The Morgan fingerprint density at radius 1 is 1.22 bits per heavy atom. The van der Waals surface area contributed by atoms with Crippen molar-refractivity contribution in [1.29, 1.82) is 0 Å². The molecule has 0 spiro atoms. The molecule has 0 unspecified atom stereocenters. The number of benzene rings is 1. The van der Waals surface area contributed by atoms with E-state index in [0.29, 0.717) is 26.1 Å². The first-order valence-electron chi connectivity index (χ1n) is 7.47. The first-order chi connectivity index (χ1) is 10.7. The van der Waals surface area contributed by atoms with Crippen molar-refractivity contribution in [2.24, 2.45) is 5.92 Å². The predicted octanol–water partition coefficient (Wildman–Crippen LogP) is 2.98. The van der Waals surface area contributed by atoms with Crippen molar-refractivity contribution in [3.05, 3.63) is 27.7 Å². The van der Waals surface area contributed by atoms with Crippen molar-refractivity contribution in [3.63, 3.8) is 0 Å². The molecule has 2 rings (SSSR count). The molecule has 0 saturated carbocycles. The molecule has 1 heterocycles. The summed E-state index contributed by atoms with van der Waals surface area (Å²) >= 11 is 9.37. The molecule has 1 fully saturated rings. The summed E-state index contributed by atoms with van der Waals surface area (Å²) in [4.78, 5) is 13.9. The van der Waals surface area contributed by atoms with E-state index in [1.807, 2.05) is 13.8 Å². The van der Waals surface area contributed by atoms with Crippen LogP contribution < -0.4 is 0 Å². The second kappa shape index (κ2) is 7.51. The van der Waals surface area contributed by atoms with Crippen LogP contribution in [-0.2, 0) is 14.8 Å². The Hall–Kier alpha value is -0.630. The first-order valence-corrected chi connectivity index (χ1v) is 10.1. The number of carbonyl (C=O) groups excluding carboxylic acids is 1. The normalized spacial score (nSPS) is 17.3. The lowest BCUT2D eigenvalue weighted by Crippen LogP contribution is -2.39. The van der Waals surface area contributed by atoms with Crippen LogP contribution in [0, 0.1) is 5.92 Å². The van der Waals surface area contributed by atoms with Crippen LogP contribution in [0.5, 0.6) is 0 Å². The van der Waals surface area contributed by atoms with E-state index in [-0.39, 0.29) is 28.3 Å². The van der Waals surface area contributed by atoms with E-state index in [0.717, 1.165) is 4.47 Å². The number of rotatable bonds is 3. The summed E-state index contributed by atoms with van der Waals surface area (Å²) in [5.41, 5.74) is 0. The molecule has 1 aliphatic rings. The molecule has 0 N–H and O–H groups in total. The number of nitrogens with zero attached hydrogens (tertiary/aromatic N) is 2. The maximum Gasteiger partial charge on any atom is 0.244 e. The molecule has 0 bridgehead atoms. The number of halogens is 2. The number of sulfonamides is 1. The lowest BCUT2D eigenvalue weighted by molar-refractivity contribution is -0.134. The second-order valence-corrected chi connectivity index (χ2v) is 9.04. The summed E-state index contributed by atoms with van der Waals surface area (Å²) in [6.45, 7) is 5.36. The van der Waals surface area contributed by atoms with Crippen molar-refractivity contribution in [2.75, 3.05) is 26.2 Å². The minimum atomic E-state index is -3.66. The van der Waals surface area contributed by atoms with Crippen molar-refractivity contribution in [2.45, 2.75) is 25.2 Å². The van der Waals surface area contributed by atoms with Gasteiger partial charge in [0.05, 0.1) is 5.02 Å². The lowest BCUT2D eigenvalue weighted by Gasteiger charge is -2.23. The SMILES string of the molecule is CC(C)C(=O)N1CCCN(S(=O)(=O)c2ccc(Br)cc2Cl)CC1. The fourth-order valence-corrected chi connectivity index (χ4v) is 5.02. The summed E-state index contributed by atoms with van der Waals surface area (Å²) in [6, 6.07) is 4.73. The number of amides is 1. The van der Waals surface area contributed by atoms with Gasteiger partial charge < -0.3 is 4.90 Å². The van der Waals surface area contributed by atoms with Crippen LogP contribution in [0.4, 0.5) is 0 Å². The molecule has 0 radical (unpaired) electrons. The van der Waals surface area contributed by atoms with Crippen molar-refractivity contribution in [1.82, 2.24) is 9.21 Å². The zero-order valence-corrected chi connectivity index (χ0v) is 16.3. The van der Waals surface area contributed by atoms with E-state index in [9.17, 15) is 13.2 Å². The number of carbonyl (C=O) groups is 1. The third kappa shape index (κ3) is 4.26. The van der Waals surface area contributed by atoms with Crippen molar-refractivity contribution >= 4 is 43.5 Å². The summed E-state index contributed by atoms with van der Waals surface area (Å²) in [5.74, 6) is -0.0232. The van der Waals surface area contributed by atoms with Gasteiger partial charge in [-0.2, -0.15) is 4.31 Å². The van der Waals surface area contributed by atoms with E-state index in [1.54, 1.807) is 17.0 Å². The van der Waals surface area contributed by atoms with Gasteiger partial charge in [-0.05, 0) is 24.6 Å². The molecule has 1 aliphatic heterocycles. The zero-order valence-electron chi connectivity index (χ0n) is 13.1. The number of hydrogen-bond acceptors (Lipinski definition) is 3. The third-order valence-electron chi connectivity index (χ3n) is 3.77. The van der Waals surface area contributed by atoms with Gasteiger partial charge in [0, 0.05) is 36.6 Å². The minimum Gasteiger partial charge on any atom is -0.341 e. The van der Waals surface area contributed by atoms with Gasteiger partial charge in [-0.25, -0.2) is 8.42 Å². The van der Waals surface area contributed by atoms with E-state index >= 15 is 0 Å². The Labute approximate surface area is 150 Å². The lowest BCUT2D eigenvalue weighted by atomic mass is 10.2. The molecule has 1 amide bonds.